The number of fused-ring (bicyclic) bond motifs is 15. The molecule has 19 heteroatoms. The van der Waals surface area contributed by atoms with Crippen LogP contribution in [0, 0.1) is 12.1 Å². The molecule has 3 aliphatic heterocycles. The molecule has 0 radical (unpaired) electrons. The van der Waals surface area contributed by atoms with Crippen molar-refractivity contribution >= 4 is 127 Å². The zero-order chi connectivity index (χ0) is 101. The SMILES string of the molecule is CC(C)(C)N.CC(C)(C)N.CC(C)(C)c1ccnc(-n2c3[c-]c(N4c5[c-]c(-n6cccn6)ccc5C(C)(C)c5ccccc54)ccc3c3ccccc32)c1.CC(C)(C)c1ccnc(-n2c3ccccc3c3ccc(Br)cc32)c1.CC(C)(C)c1ccnc(-n2c3ccccc3c3ccc(N4c5ccccc5C(C)(C)c5ccc(-n6cccn6)cc54)cc32)c1.CC1(C)c2ccccc2Nc2cc(-n3cccn3)ccc21.[Pt+2]. The van der Waals surface area contributed by atoms with Gasteiger partial charge in [-0.05, 0) is 258 Å². The Bertz CT molecular complexity index is 7960. The maximum atomic E-state index is 5.35. The molecule has 0 saturated heterocycles. The monoisotopic (exact) mass is 2140 g/mol. The number of hydrogen-bond acceptors (Lipinski definition) is 11. The van der Waals surface area contributed by atoms with Gasteiger partial charge in [-0.1, -0.05) is 270 Å². The molecule has 12 aromatic carbocycles. The molecule has 24 rings (SSSR count). The predicted molar refractivity (Wildman–Crippen MR) is 598 cm³/mol. The van der Waals surface area contributed by atoms with Crippen molar-refractivity contribution in [2.45, 2.75) is 189 Å². The van der Waals surface area contributed by atoms with Crippen LogP contribution in [-0.2, 0) is 53.6 Å². The second kappa shape index (κ2) is 38.7. The number of para-hydroxylation sites is 6. The molecule has 0 unspecified atom stereocenters. The van der Waals surface area contributed by atoms with Crippen molar-refractivity contribution < 1.29 is 21.1 Å². The number of halogens is 1. The summed E-state index contributed by atoms with van der Waals surface area (Å²) in [6, 6.07) is 113. The number of nitrogens with one attached hydrogen (secondary N) is 1. The first-order valence-corrected chi connectivity index (χ1v) is 50.0. The van der Waals surface area contributed by atoms with Crippen LogP contribution in [0.4, 0.5) is 45.5 Å². The zero-order valence-corrected chi connectivity index (χ0v) is 90.0. The molecule has 0 bridgehead atoms. The molecule has 144 heavy (non-hydrogen) atoms. The van der Waals surface area contributed by atoms with Crippen LogP contribution in [0.5, 0.6) is 0 Å². The molecule has 0 saturated carbocycles. The largest absolute Gasteiger partial charge is 2.00 e. The molecule has 0 fully saturated rings. The predicted octanol–water partition coefficient (Wildman–Crippen LogP) is 31.1. The van der Waals surface area contributed by atoms with E-state index in [1.165, 1.54) is 99.4 Å². The van der Waals surface area contributed by atoms with Crippen molar-refractivity contribution in [3.05, 3.63) is 420 Å². The first kappa shape index (κ1) is 99.7. The number of benzene rings is 12. The Kier molecular flexibility index (Phi) is 26.8. The van der Waals surface area contributed by atoms with E-state index in [0.29, 0.717) is 0 Å². The Balaban J connectivity index is 0.000000127. The quantitative estimate of drug-likeness (QED) is 0.123. The third-order valence-corrected chi connectivity index (χ3v) is 27.5. The van der Waals surface area contributed by atoms with E-state index in [9.17, 15) is 0 Å². The zero-order valence-electron chi connectivity index (χ0n) is 86.1. The first-order valence-electron chi connectivity index (χ1n) is 49.2. The minimum Gasteiger partial charge on any atom is -0.358 e. The summed E-state index contributed by atoms with van der Waals surface area (Å²) in [6.45, 7) is 45.7. The molecule has 17 nitrogen and oxygen atoms in total. The van der Waals surface area contributed by atoms with Crippen molar-refractivity contribution in [3.8, 4) is 34.5 Å². The van der Waals surface area contributed by atoms with Gasteiger partial charge in [-0.25, -0.2) is 24.3 Å². The van der Waals surface area contributed by atoms with E-state index >= 15 is 0 Å². The van der Waals surface area contributed by atoms with Gasteiger partial charge in [-0.2, -0.15) is 27.4 Å². The number of nitrogens with two attached hydrogens (primary N) is 2. The summed E-state index contributed by atoms with van der Waals surface area (Å²) in [4.78, 5) is 19.2. The fraction of sp³-hybridized carbons (Fsp3) is 0.232. The van der Waals surface area contributed by atoms with Gasteiger partial charge in [0.05, 0.1) is 44.8 Å². The van der Waals surface area contributed by atoms with Gasteiger partial charge in [0.15, 0.2) is 0 Å². The second-order valence-electron chi connectivity index (χ2n) is 44.4. The number of pyridine rings is 3. The van der Waals surface area contributed by atoms with Crippen molar-refractivity contribution in [1.82, 2.24) is 58.0 Å². The number of hydrogen-bond donors (Lipinski definition) is 3. The van der Waals surface area contributed by atoms with Gasteiger partial charge in [0.25, 0.3) is 0 Å². The van der Waals surface area contributed by atoms with Crippen LogP contribution in [-0.4, -0.2) is 69.1 Å². The minimum absolute atomic E-state index is 0. The second-order valence-corrected chi connectivity index (χ2v) is 45.3. The van der Waals surface area contributed by atoms with Crippen LogP contribution < -0.4 is 26.6 Å². The van der Waals surface area contributed by atoms with Crippen LogP contribution in [0.1, 0.15) is 195 Å². The van der Waals surface area contributed by atoms with Gasteiger partial charge in [0.1, 0.15) is 17.5 Å². The standard InChI is InChI=1S/C39H35N5.C39H33N5.C21H19BrN2.C18H17N3.2C4H11N.Pt/c2*1-38(2,3)26-19-21-40-37(23-26)44-33-13-8-6-11-29(33)30-17-15-28(25-35(30)44)43-34-14-9-7-12-31(34)39(4,5)32-18-16-27(24-36(32)43)42-22-10-20-41-42;1-21(2,3)14-10-11-23-20(12-14)24-18-7-5-4-6-16(18)17-9-8-15(22)13-19(17)24;1-18(2)14-6-3-4-7-16(14)20-17-12-13(8-9-15(17)18)21-11-5-10-19-21;2*1-4(2,3)5;/h6-25H,1-5H3;6-23H,1-5H3;4-13H,1-3H3;3-12,20H,1-2H3;2*5H2,1-3H3;/q;-2;;;;;+2. The number of anilines is 8. The maximum Gasteiger partial charge on any atom is 2.00 e. The van der Waals surface area contributed by atoms with E-state index in [2.05, 4.69) is 460 Å². The van der Waals surface area contributed by atoms with E-state index < -0.39 is 0 Å². The minimum atomic E-state index is -0.210. The normalized spacial score (nSPS) is 13.7. The van der Waals surface area contributed by atoms with E-state index in [0.717, 1.165) is 101 Å². The van der Waals surface area contributed by atoms with Gasteiger partial charge < -0.3 is 31.2 Å². The molecule has 0 atom stereocenters. The van der Waals surface area contributed by atoms with Gasteiger partial charge in [0.2, 0.25) is 0 Å². The number of nitrogens with zero attached hydrogens (tertiary/aromatic N) is 14. The molecular formula is C125H126BrN17Pt. The Labute approximate surface area is 869 Å². The summed E-state index contributed by atoms with van der Waals surface area (Å²) in [6.07, 6.45) is 17.1. The summed E-state index contributed by atoms with van der Waals surface area (Å²) in [7, 11) is 0. The van der Waals surface area contributed by atoms with Gasteiger partial charge in [0, 0.05) is 132 Å². The molecule has 728 valence electrons. The summed E-state index contributed by atoms with van der Waals surface area (Å²) in [5.41, 5.74) is 40.6. The topological polar surface area (TPSA) is 177 Å². The summed E-state index contributed by atoms with van der Waals surface area (Å²) in [5.74, 6) is 2.79. The Morgan fingerprint density at radius 1 is 0.299 bits per heavy atom. The maximum absolute atomic E-state index is 5.35. The van der Waals surface area contributed by atoms with E-state index in [1.54, 1.807) is 12.4 Å². The Hall–Kier alpha value is -14.4. The molecule has 9 aromatic heterocycles. The number of aromatic nitrogens is 12. The fourth-order valence-corrected chi connectivity index (χ4v) is 20.3. The van der Waals surface area contributed by atoms with E-state index in [-0.39, 0.29) is 64.6 Å². The Morgan fingerprint density at radius 3 is 1.19 bits per heavy atom. The summed E-state index contributed by atoms with van der Waals surface area (Å²) >= 11 is 3.61. The van der Waals surface area contributed by atoms with Crippen LogP contribution in [0.2, 0.25) is 0 Å². The molecule has 21 aromatic rings. The van der Waals surface area contributed by atoms with E-state index in [4.69, 9.17) is 21.4 Å². The molecule has 3 aliphatic rings. The number of rotatable bonds is 8. The molecular weight excluding hydrogens is 2010 g/mol. The fourth-order valence-electron chi connectivity index (χ4n) is 19.9. The summed E-state index contributed by atoms with van der Waals surface area (Å²) in [5, 5.41) is 24.2. The van der Waals surface area contributed by atoms with Gasteiger partial charge in [-0.15, -0.1) is 35.2 Å². The van der Waals surface area contributed by atoms with Crippen LogP contribution in [0.3, 0.4) is 0 Å². The molecule has 0 aliphatic carbocycles. The summed E-state index contributed by atoms with van der Waals surface area (Å²) < 4.78 is 13.6. The average molecular weight is 2140 g/mol. The average Bonchev–Trinajstić information content (AvgIpc) is 1.28. The first-order chi connectivity index (χ1) is 68.0. The van der Waals surface area contributed by atoms with E-state index in [1.807, 2.05) is 117 Å². The molecule has 0 spiro atoms. The molecule has 5 N–H and O–H groups in total. The smallest absolute Gasteiger partial charge is 0.358 e. The van der Waals surface area contributed by atoms with Crippen molar-refractivity contribution in [2.75, 3.05) is 15.1 Å². The van der Waals surface area contributed by atoms with Crippen LogP contribution in [0.15, 0.2) is 357 Å². The molecule has 0 amide bonds. The Morgan fingerprint density at radius 2 is 0.674 bits per heavy atom. The van der Waals surface area contributed by atoms with Gasteiger partial charge >= 0.3 is 21.1 Å². The van der Waals surface area contributed by atoms with Crippen molar-refractivity contribution in [1.29, 1.82) is 0 Å². The third-order valence-electron chi connectivity index (χ3n) is 27.1. The molecule has 12 heterocycles. The van der Waals surface area contributed by atoms with Crippen LogP contribution in [0.25, 0.3) is 99.9 Å². The van der Waals surface area contributed by atoms with Crippen molar-refractivity contribution in [3.63, 3.8) is 0 Å². The third kappa shape index (κ3) is 19.7. The van der Waals surface area contributed by atoms with Crippen LogP contribution >= 0.6 is 15.9 Å². The van der Waals surface area contributed by atoms with Crippen molar-refractivity contribution in [2.24, 2.45) is 11.5 Å². The van der Waals surface area contributed by atoms with Gasteiger partial charge in [-0.3, -0.25) is 13.8 Å².